The number of benzene rings is 1. The van der Waals surface area contributed by atoms with Gasteiger partial charge in [0.2, 0.25) is 0 Å². The fraction of sp³-hybridized carbons (Fsp3) is 0.429. The Kier molecular flexibility index (Phi) is 10.1. The van der Waals surface area contributed by atoms with Crippen molar-refractivity contribution in [2.45, 2.75) is 32.6 Å². The molecule has 0 radical (unpaired) electrons. The van der Waals surface area contributed by atoms with Gasteiger partial charge in [-0.3, -0.25) is 10.1 Å². The Hall–Kier alpha value is -1.88. The molecule has 0 saturated heterocycles. The molecule has 0 bridgehead atoms. The largest absolute Gasteiger partial charge is 0.387 e. The van der Waals surface area contributed by atoms with Gasteiger partial charge in [-0.05, 0) is 18.4 Å². The highest BCUT2D eigenvalue weighted by atomic mass is 16.3. The molecule has 1 aromatic rings. The van der Waals surface area contributed by atoms with Gasteiger partial charge in [0, 0.05) is 0 Å². The Morgan fingerprint density at radius 1 is 1.21 bits per heavy atom. The molecule has 1 aromatic carbocycles. The third-order valence-electron chi connectivity index (χ3n) is 2.32. The van der Waals surface area contributed by atoms with E-state index in [0.717, 1.165) is 0 Å². The van der Waals surface area contributed by atoms with Crippen molar-refractivity contribution in [2.24, 2.45) is 5.73 Å². The smallest absolute Gasteiger partial charge is 0.318 e. The molecule has 0 aliphatic heterocycles. The van der Waals surface area contributed by atoms with E-state index in [4.69, 9.17) is 5.11 Å². The molecular formula is C14H22N2O3. The highest BCUT2D eigenvalue weighted by molar-refractivity contribution is 5.93. The molecule has 5 heteroatoms. The number of nitrogens with two attached hydrogens (primary N) is 1. The molecule has 0 heterocycles. The zero-order valence-corrected chi connectivity index (χ0v) is 11.3. The monoisotopic (exact) mass is 266 g/mol. The van der Waals surface area contributed by atoms with Crippen LogP contribution in [-0.4, -0.2) is 23.7 Å². The van der Waals surface area contributed by atoms with E-state index in [9.17, 15) is 9.59 Å². The number of amides is 3. The summed E-state index contributed by atoms with van der Waals surface area (Å²) in [6, 6.07) is 9.75. The highest BCUT2D eigenvalue weighted by Gasteiger charge is 1.98. The van der Waals surface area contributed by atoms with Crippen LogP contribution in [0.25, 0.3) is 0 Å². The minimum absolute atomic E-state index is 0.719. The van der Waals surface area contributed by atoms with Gasteiger partial charge in [-0.1, -0.05) is 50.1 Å². The van der Waals surface area contributed by atoms with E-state index in [1.54, 1.807) is 5.32 Å². The summed E-state index contributed by atoms with van der Waals surface area (Å²) in [5.41, 5.74) is 5.96. The number of aliphatic hydroxyl groups excluding tert-OH is 1. The number of unbranched alkanes of at least 4 members (excludes halogenated alkanes) is 2. The van der Waals surface area contributed by atoms with Gasteiger partial charge in [0.05, 0.1) is 0 Å². The maximum atomic E-state index is 9.96. The van der Waals surface area contributed by atoms with Crippen molar-refractivity contribution >= 4 is 11.9 Å². The molecule has 106 valence electrons. The van der Waals surface area contributed by atoms with Gasteiger partial charge < -0.3 is 10.8 Å². The van der Waals surface area contributed by atoms with Gasteiger partial charge in [0.25, 0.3) is 5.91 Å². The van der Waals surface area contributed by atoms with Crippen LogP contribution in [0, 0.1) is 0 Å². The lowest BCUT2D eigenvalue weighted by atomic mass is 10.1. The predicted octanol–water partition coefficient (Wildman–Crippen LogP) is 1.59. The first-order valence-corrected chi connectivity index (χ1v) is 6.34. The quantitative estimate of drug-likeness (QED) is 0.707. The lowest BCUT2D eigenvalue weighted by Gasteiger charge is -1.98. The number of hydrogen-bond acceptors (Lipinski definition) is 3. The molecule has 0 aromatic heterocycles. The van der Waals surface area contributed by atoms with Gasteiger partial charge in [0.1, 0.15) is 6.61 Å². The standard InChI is InChI=1S/C11H16.C3H6N2O3/c1-2-3-5-8-11-9-6-4-7-10-11;4-3(8)5-2(7)1-6/h4,6-7,9-10H,2-3,5,8H2,1H3;6H,1H2,(H3,4,5,7,8). The number of urea groups is 1. The second-order valence-corrected chi connectivity index (χ2v) is 4.01. The van der Waals surface area contributed by atoms with E-state index in [1.807, 2.05) is 0 Å². The first-order chi connectivity index (χ1) is 9.10. The summed E-state index contributed by atoms with van der Waals surface area (Å²) in [4.78, 5) is 19.7. The third-order valence-corrected chi connectivity index (χ3v) is 2.32. The number of rotatable bonds is 5. The molecule has 1 rings (SSSR count). The summed E-state index contributed by atoms with van der Waals surface area (Å²) >= 11 is 0. The minimum Gasteiger partial charge on any atom is -0.387 e. The average Bonchev–Trinajstić information content (AvgIpc) is 2.40. The number of aliphatic hydroxyl groups is 1. The molecular weight excluding hydrogens is 244 g/mol. The van der Waals surface area contributed by atoms with Gasteiger partial charge in [-0.15, -0.1) is 0 Å². The second kappa shape index (κ2) is 11.2. The summed E-state index contributed by atoms with van der Waals surface area (Å²) in [5.74, 6) is -0.794. The van der Waals surface area contributed by atoms with Gasteiger partial charge in [-0.25, -0.2) is 4.79 Å². The van der Waals surface area contributed by atoms with E-state index in [-0.39, 0.29) is 0 Å². The SMILES string of the molecule is CCCCCc1ccccc1.NC(=O)NC(=O)CO. The molecule has 0 aliphatic carbocycles. The van der Waals surface area contributed by atoms with Crippen molar-refractivity contribution in [3.8, 4) is 0 Å². The van der Waals surface area contributed by atoms with Crippen molar-refractivity contribution in [1.82, 2.24) is 5.32 Å². The van der Waals surface area contributed by atoms with E-state index in [1.165, 1.54) is 31.2 Å². The summed E-state index contributed by atoms with van der Waals surface area (Å²) in [6.45, 7) is 1.52. The van der Waals surface area contributed by atoms with Crippen LogP contribution in [0.4, 0.5) is 4.79 Å². The molecule has 0 fully saturated rings. The molecule has 0 saturated carbocycles. The lowest BCUT2D eigenvalue weighted by molar-refractivity contribution is -0.122. The Balaban J connectivity index is 0.000000362. The fourth-order valence-electron chi connectivity index (χ4n) is 1.40. The maximum absolute atomic E-state index is 9.96. The van der Waals surface area contributed by atoms with Crippen LogP contribution in [0.5, 0.6) is 0 Å². The normalized spacial score (nSPS) is 9.16. The van der Waals surface area contributed by atoms with Crippen LogP contribution in [0.1, 0.15) is 31.7 Å². The first kappa shape index (κ1) is 17.1. The predicted molar refractivity (Wildman–Crippen MR) is 74.5 cm³/mol. The van der Waals surface area contributed by atoms with Crippen LogP contribution in [0.15, 0.2) is 30.3 Å². The number of carbonyl (C=O) groups is 2. The molecule has 5 nitrogen and oxygen atoms in total. The van der Waals surface area contributed by atoms with Gasteiger partial charge >= 0.3 is 6.03 Å². The van der Waals surface area contributed by atoms with E-state index in [2.05, 4.69) is 43.0 Å². The van der Waals surface area contributed by atoms with Crippen molar-refractivity contribution < 1.29 is 14.7 Å². The fourth-order valence-corrected chi connectivity index (χ4v) is 1.40. The number of carbonyl (C=O) groups excluding carboxylic acids is 2. The molecule has 0 aliphatic rings. The number of primary amides is 1. The topological polar surface area (TPSA) is 92.4 Å². The van der Waals surface area contributed by atoms with Crippen molar-refractivity contribution in [3.05, 3.63) is 35.9 Å². The lowest BCUT2D eigenvalue weighted by Crippen LogP contribution is -2.36. The summed E-state index contributed by atoms with van der Waals surface area (Å²) in [7, 11) is 0. The Bertz CT molecular complexity index is 366. The third kappa shape index (κ3) is 11.0. The summed E-state index contributed by atoms with van der Waals surface area (Å²) in [5, 5.41) is 9.61. The van der Waals surface area contributed by atoms with Crippen LogP contribution in [-0.2, 0) is 11.2 Å². The van der Waals surface area contributed by atoms with Gasteiger partial charge in [0.15, 0.2) is 0 Å². The number of imide groups is 1. The molecule has 4 N–H and O–H groups in total. The molecule has 19 heavy (non-hydrogen) atoms. The number of aryl methyl sites for hydroxylation is 1. The first-order valence-electron chi connectivity index (χ1n) is 6.34. The van der Waals surface area contributed by atoms with Crippen LogP contribution in [0.2, 0.25) is 0 Å². The van der Waals surface area contributed by atoms with E-state index in [0.29, 0.717) is 0 Å². The Morgan fingerprint density at radius 2 is 1.84 bits per heavy atom. The van der Waals surface area contributed by atoms with E-state index < -0.39 is 18.5 Å². The van der Waals surface area contributed by atoms with Crippen LogP contribution < -0.4 is 11.1 Å². The van der Waals surface area contributed by atoms with Crippen molar-refractivity contribution in [1.29, 1.82) is 0 Å². The Labute approximate surface area is 113 Å². The van der Waals surface area contributed by atoms with Crippen molar-refractivity contribution in [2.75, 3.05) is 6.61 Å². The number of hydrogen-bond donors (Lipinski definition) is 3. The van der Waals surface area contributed by atoms with E-state index >= 15 is 0 Å². The summed E-state index contributed by atoms with van der Waals surface area (Å²) in [6.07, 6.45) is 5.25. The Morgan fingerprint density at radius 3 is 2.26 bits per heavy atom. The zero-order chi connectivity index (χ0) is 14.5. The average molecular weight is 266 g/mol. The zero-order valence-electron chi connectivity index (χ0n) is 11.3. The van der Waals surface area contributed by atoms with Crippen LogP contribution in [0.3, 0.4) is 0 Å². The van der Waals surface area contributed by atoms with Crippen LogP contribution >= 0.6 is 0 Å². The van der Waals surface area contributed by atoms with Crippen molar-refractivity contribution in [3.63, 3.8) is 0 Å². The maximum Gasteiger partial charge on any atom is 0.318 e. The highest BCUT2D eigenvalue weighted by Crippen LogP contribution is 2.05. The molecule has 0 unspecified atom stereocenters. The minimum atomic E-state index is -0.955. The van der Waals surface area contributed by atoms with Gasteiger partial charge in [-0.2, -0.15) is 0 Å². The number of nitrogens with one attached hydrogen (secondary N) is 1. The molecule has 0 atom stereocenters. The summed E-state index contributed by atoms with van der Waals surface area (Å²) < 4.78 is 0. The molecule has 3 amide bonds. The second-order valence-electron chi connectivity index (χ2n) is 4.01. The molecule has 0 spiro atoms.